The molecule has 1 heterocycles. The molecule has 1 amide bonds. The number of halogens is 1. The lowest BCUT2D eigenvalue weighted by Crippen LogP contribution is -2.28. The predicted molar refractivity (Wildman–Crippen MR) is 97.0 cm³/mol. The third kappa shape index (κ3) is 3.53. The van der Waals surface area contributed by atoms with Crippen molar-refractivity contribution in [1.29, 1.82) is 0 Å². The number of hydrogen-bond donors (Lipinski definition) is 1. The normalized spacial score (nSPS) is 16.9. The number of nitrogens with zero attached hydrogens (tertiary/aromatic N) is 1. The molecular weight excluding hydrogens is 315 g/mol. The van der Waals surface area contributed by atoms with Crippen LogP contribution in [-0.2, 0) is 13.1 Å². The molecule has 1 aliphatic carbocycles. The summed E-state index contributed by atoms with van der Waals surface area (Å²) >= 11 is 0. The van der Waals surface area contributed by atoms with Crippen LogP contribution in [0.1, 0.15) is 47.2 Å². The summed E-state index contributed by atoms with van der Waals surface area (Å²) in [5, 5.41) is 3.06. The van der Waals surface area contributed by atoms with E-state index in [0.717, 1.165) is 24.3 Å². The van der Waals surface area contributed by atoms with Crippen LogP contribution in [0.5, 0.6) is 0 Å². The van der Waals surface area contributed by atoms with E-state index < -0.39 is 0 Å². The maximum atomic E-state index is 13.4. The predicted octanol–water partition coefficient (Wildman–Crippen LogP) is 4.27. The minimum Gasteiger partial charge on any atom is -0.363 e. The zero-order chi connectivity index (χ0) is 17.2. The van der Waals surface area contributed by atoms with Crippen molar-refractivity contribution in [1.82, 2.24) is 5.32 Å². The van der Waals surface area contributed by atoms with Crippen molar-refractivity contribution in [3.63, 3.8) is 0 Å². The summed E-state index contributed by atoms with van der Waals surface area (Å²) < 4.78 is 13.4. The highest BCUT2D eigenvalue weighted by molar-refractivity contribution is 5.94. The molecule has 0 spiro atoms. The molecule has 1 fully saturated rings. The summed E-state index contributed by atoms with van der Waals surface area (Å²) in [6, 6.07) is 12.7. The second-order valence-corrected chi connectivity index (χ2v) is 7.18. The Bertz CT molecular complexity index is 766. The van der Waals surface area contributed by atoms with Crippen LogP contribution in [0.3, 0.4) is 0 Å². The lowest BCUT2D eigenvalue weighted by molar-refractivity contribution is 0.0947. The molecule has 0 bridgehead atoms. The van der Waals surface area contributed by atoms with Gasteiger partial charge in [-0.05, 0) is 66.3 Å². The second-order valence-electron chi connectivity index (χ2n) is 7.18. The number of anilines is 1. The highest BCUT2D eigenvalue weighted by Gasteiger charge is 2.20. The maximum absolute atomic E-state index is 13.4. The Labute approximate surface area is 147 Å². The second kappa shape index (κ2) is 6.87. The van der Waals surface area contributed by atoms with Gasteiger partial charge in [0.2, 0.25) is 0 Å². The Kier molecular flexibility index (Phi) is 4.43. The van der Waals surface area contributed by atoms with Crippen LogP contribution >= 0.6 is 0 Å². The average molecular weight is 338 g/mol. The van der Waals surface area contributed by atoms with Gasteiger partial charge in [0.05, 0.1) is 0 Å². The van der Waals surface area contributed by atoms with Crippen LogP contribution in [0.4, 0.5) is 10.1 Å². The van der Waals surface area contributed by atoms with E-state index in [1.165, 1.54) is 37.3 Å². The molecule has 1 saturated carbocycles. The van der Waals surface area contributed by atoms with Gasteiger partial charge in [-0.1, -0.05) is 18.9 Å². The first kappa shape index (κ1) is 16.1. The van der Waals surface area contributed by atoms with Gasteiger partial charge in [0.25, 0.3) is 5.91 Å². The standard InChI is InChI=1S/C21H23FN2O/c22-19-8-5-17-13-24(14-18(17)11-19)20-9-6-16(7-10-20)21(25)23-12-15-3-1-2-4-15/h5-11,15H,1-4,12-14H2,(H,23,25). The van der Waals surface area contributed by atoms with E-state index in [1.807, 2.05) is 30.3 Å². The first-order valence-electron chi connectivity index (χ1n) is 9.09. The van der Waals surface area contributed by atoms with Crippen molar-refractivity contribution >= 4 is 11.6 Å². The van der Waals surface area contributed by atoms with Crippen molar-refractivity contribution in [2.45, 2.75) is 38.8 Å². The number of rotatable bonds is 4. The molecule has 3 nitrogen and oxygen atoms in total. The summed E-state index contributed by atoms with van der Waals surface area (Å²) in [6.45, 7) is 2.27. The van der Waals surface area contributed by atoms with Gasteiger partial charge >= 0.3 is 0 Å². The molecule has 1 aliphatic heterocycles. The minimum atomic E-state index is -0.185. The number of benzene rings is 2. The van der Waals surface area contributed by atoms with Gasteiger partial charge in [0.15, 0.2) is 0 Å². The van der Waals surface area contributed by atoms with E-state index in [0.29, 0.717) is 18.0 Å². The Morgan fingerprint density at radius 2 is 1.76 bits per heavy atom. The third-order valence-corrected chi connectivity index (χ3v) is 5.41. The number of nitrogens with one attached hydrogen (secondary N) is 1. The molecule has 0 atom stereocenters. The Morgan fingerprint density at radius 3 is 2.52 bits per heavy atom. The highest BCUT2D eigenvalue weighted by atomic mass is 19.1. The van der Waals surface area contributed by atoms with Crippen molar-refractivity contribution in [3.05, 3.63) is 65.0 Å². The number of fused-ring (bicyclic) bond motifs is 1. The molecule has 130 valence electrons. The highest BCUT2D eigenvalue weighted by Crippen LogP contribution is 2.29. The van der Waals surface area contributed by atoms with Gasteiger partial charge in [0, 0.05) is 30.9 Å². The summed E-state index contributed by atoms with van der Waals surface area (Å²) in [6.07, 6.45) is 5.04. The van der Waals surface area contributed by atoms with Crippen LogP contribution in [0.15, 0.2) is 42.5 Å². The van der Waals surface area contributed by atoms with Crippen LogP contribution in [0, 0.1) is 11.7 Å². The fourth-order valence-electron chi connectivity index (χ4n) is 3.92. The largest absolute Gasteiger partial charge is 0.363 e. The van der Waals surface area contributed by atoms with Crippen molar-refractivity contribution in [3.8, 4) is 0 Å². The van der Waals surface area contributed by atoms with Crippen LogP contribution < -0.4 is 10.2 Å². The summed E-state index contributed by atoms with van der Waals surface area (Å²) in [4.78, 5) is 14.5. The molecule has 0 radical (unpaired) electrons. The molecule has 0 saturated heterocycles. The third-order valence-electron chi connectivity index (χ3n) is 5.41. The van der Waals surface area contributed by atoms with Crippen molar-refractivity contribution < 1.29 is 9.18 Å². The molecule has 2 aliphatic rings. The average Bonchev–Trinajstić information content (AvgIpc) is 3.29. The Hall–Kier alpha value is -2.36. The van der Waals surface area contributed by atoms with Gasteiger partial charge in [-0.15, -0.1) is 0 Å². The molecule has 2 aromatic carbocycles. The van der Waals surface area contributed by atoms with E-state index in [1.54, 1.807) is 6.07 Å². The fraction of sp³-hybridized carbons (Fsp3) is 0.381. The molecule has 4 rings (SSSR count). The number of amides is 1. The first-order chi connectivity index (χ1) is 12.2. The van der Waals surface area contributed by atoms with E-state index in [9.17, 15) is 9.18 Å². The van der Waals surface area contributed by atoms with Crippen LogP contribution in [0.2, 0.25) is 0 Å². The zero-order valence-electron chi connectivity index (χ0n) is 14.3. The quantitative estimate of drug-likeness (QED) is 0.903. The van der Waals surface area contributed by atoms with Gasteiger partial charge in [0.1, 0.15) is 5.82 Å². The first-order valence-corrected chi connectivity index (χ1v) is 9.09. The van der Waals surface area contributed by atoms with Gasteiger partial charge < -0.3 is 10.2 Å². The van der Waals surface area contributed by atoms with Crippen LogP contribution in [0.25, 0.3) is 0 Å². The lowest BCUT2D eigenvalue weighted by Gasteiger charge is -2.18. The summed E-state index contributed by atoms with van der Waals surface area (Å²) in [7, 11) is 0. The van der Waals surface area contributed by atoms with E-state index >= 15 is 0 Å². The molecule has 2 aromatic rings. The molecular formula is C21H23FN2O. The summed E-state index contributed by atoms with van der Waals surface area (Å²) in [5.41, 5.74) is 3.96. The van der Waals surface area contributed by atoms with Gasteiger partial charge in [-0.2, -0.15) is 0 Å². The Balaban J connectivity index is 1.38. The molecule has 25 heavy (non-hydrogen) atoms. The Morgan fingerprint density at radius 1 is 1.04 bits per heavy atom. The monoisotopic (exact) mass is 338 g/mol. The van der Waals surface area contributed by atoms with Crippen molar-refractivity contribution in [2.75, 3.05) is 11.4 Å². The smallest absolute Gasteiger partial charge is 0.251 e. The zero-order valence-corrected chi connectivity index (χ0v) is 14.3. The van der Waals surface area contributed by atoms with Gasteiger partial charge in [-0.3, -0.25) is 4.79 Å². The van der Waals surface area contributed by atoms with E-state index in [-0.39, 0.29) is 11.7 Å². The number of carbonyl (C=O) groups excluding carboxylic acids is 1. The van der Waals surface area contributed by atoms with Gasteiger partial charge in [-0.25, -0.2) is 4.39 Å². The van der Waals surface area contributed by atoms with Crippen LogP contribution in [-0.4, -0.2) is 12.5 Å². The van der Waals surface area contributed by atoms with E-state index in [2.05, 4.69) is 10.2 Å². The SMILES string of the molecule is O=C(NCC1CCCC1)c1ccc(N2Cc3ccc(F)cc3C2)cc1. The maximum Gasteiger partial charge on any atom is 0.251 e. The molecule has 0 unspecified atom stereocenters. The number of hydrogen-bond acceptors (Lipinski definition) is 2. The topological polar surface area (TPSA) is 32.3 Å². The van der Waals surface area contributed by atoms with E-state index in [4.69, 9.17) is 0 Å². The fourth-order valence-corrected chi connectivity index (χ4v) is 3.92. The van der Waals surface area contributed by atoms with Crippen molar-refractivity contribution in [2.24, 2.45) is 5.92 Å². The minimum absolute atomic E-state index is 0.00484. The molecule has 4 heteroatoms. The molecule has 1 N–H and O–H groups in total. The lowest BCUT2D eigenvalue weighted by atomic mass is 10.1. The number of carbonyl (C=O) groups is 1. The molecule has 0 aromatic heterocycles. The summed E-state index contributed by atoms with van der Waals surface area (Å²) in [5.74, 6) is 0.465.